The second kappa shape index (κ2) is 7.37. The first-order valence-electron chi connectivity index (χ1n) is 7.68. The van der Waals surface area contributed by atoms with Gasteiger partial charge < -0.3 is 9.47 Å². The Hall–Kier alpha value is -3.19. The summed E-state index contributed by atoms with van der Waals surface area (Å²) in [5, 5.41) is 10.9. The number of carbonyl (C=O) groups excluding carboxylic acids is 1. The highest BCUT2D eigenvalue weighted by molar-refractivity contribution is 6.34. The molecule has 0 fully saturated rings. The zero-order valence-corrected chi connectivity index (χ0v) is 14.4. The van der Waals surface area contributed by atoms with Gasteiger partial charge in [0.15, 0.2) is 5.70 Å². The maximum absolute atomic E-state index is 12.1. The van der Waals surface area contributed by atoms with Crippen molar-refractivity contribution in [2.75, 3.05) is 6.61 Å². The normalized spacial score (nSPS) is 14.9. The molecule has 2 aromatic carbocycles. The smallest absolute Gasteiger partial charge is 0.363 e. The van der Waals surface area contributed by atoms with Gasteiger partial charge in [0, 0.05) is 17.7 Å². The number of nitrogens with zero attached hydrogens (tertiary/aromatic N) is 2. The van der Waals surface area contributed by atoms with Gasteiger partial charge in [-0.2, -0.15) is 0 Å². The van der Waals surface area contributed by atoms with Crippen LogP contribution in [-0.2, 0) is 9.53 Å². The number of para-hydroxylation sites is 1. The lowest BCUT2D eigenvalue weighted by atomic mass is 10.1. The Morgan fingerprint density at radius 2 is 2.08 bits per heavy atom. The number of aliphatic imine (C=N–C) groups is 1. The molecule has 3 rings (SSSR count). The molecule has 0 saturated heterocycles. The SMILES string of the molecule is CCOc1ccccc1/C=C1/N=C(c2ccc([N+](=O)[O-])cc2Cl)OC1=O. The highest BCUT2D eigenvalue weighted by Gasteiger charge is 2.26. The van der Waals surface area contributed by atoms with Crippen molar-refractivity contribution in [2.24, 2.45) is 4.99 Å². The summed E-state index contributed by atoms with van der Waals surface area (Å²) in [6, 6.07) is 11.1. The van der Waals surface area contributed by atoms with Gasteiger partial charge in [-0.25, -0.2) is 9.79 Å². The van der Waals surface area contributed by atoms with Crippen molar-refractivity contribution in [2.45, 2.75) is 6.92 Å². The van der Waals surface area contributed by atoms with Crippen LogP contribution in [0.25, 0.3) is 6.08 Å². The summed E-state index contributed by atoms with van der Waals surface area (Å²) in [5.74, 6) is -0.0249. The number of nitro groups is 1. The first kappa shape index (κ1) is 17.6. The van der Waals surface area contributed by atoms with E-state index >= 15 is 0 Å². The molecule has 7 nitrogen and oxygen atoms in total. The molecule has 0 aliphatic carbocycles. The van der Waals surface area contributed by atoms with Gasteiger partial charge in [0.25, 0.3) is 5.69 Å². The lowest BCUT2D eigenvalue weighted by molar-refractivity contribution is -0.384. The van der Waals surface area contributed by atoms with Crippen molar-refractivity contribution in [1.29, 1.82) is 0 Å². The molecule has 0 N–H and O–H groups in total. The van der Waals surface area contributed by atoms with E-state index in [1.54, 1.807) is 18.2 Å². The minimum Gasteiger partial charge on any atom is -0.493 e. The average molecular weight is 373 g/mol. The van der Waals surface area contributed by atoms with Crippen LogP contribution in [0.5, 0.6) is 5.75 Å². The standard InChI is InChI=1S/C18H13ClN2O5/c1-2-25-16-6-4-3-5-11(16)9-15-18(22)26-17(20-15)13-8-7-12(21(23)24)10-14(13)19/h3-10H,2H2,1H3/b15-9+. The van der Waals surface area contributed by atoms with E-state index in [0.717, 1.165) is 0 Å². The molecule has 0 aromatic heterocycles. The van der Waals surface area contributed by atoms with Crippen molar-refractivity contribution in [1.82, 2.24) is 0 Å². The Morgan fingerprint density at radius 1 is 1.31 bits per heavy atom. The van der Waals surface area contributed by atoms with Crippen molar-refractivity contribution >= 4 is 35.2 Å². The number of cyclic esters (lactones) is 1. The molecule has 0 spiro atoms. The Bertz CT molecular complexity index is 952. The number of nitro benzene ring substituents is 1. The summed E-state index contributed by atoms with van der Waals surface area (Å²) >= 11 is 6.06. The van der Waals surface area contributed by atoms with E-state index in [2.05, 4.69) is 4.99 Å². The van der Waals surface area contributed by atoms with E-state index in [-0.39, 0.29) is 22.3 Å². The topological polar surface area (TPSA) is 91.0 Å². The van der Waals surface area contributed by atoms with Crippen molar-refractivity contribution in [3.8, 4) is 5.75 Å². The van der Waals surface area contributed by atoms with Gasteiger partial charge in [0.1, 0.15) is 5.75 Å². The molecule has 0 bridgehead atoms. The number of ether oxygens (including phenoxy) is 2. The fourth-order valence-corrected chi connectivity index (χ4v) is 2.61. The first-order valence-corrected chi connectivity index (χ1v) is 8.06. The second-order valence-electron chi connectivity index (χ2n) is 5.23. The molecule has 0 atom stereocenters. The largest absolute Gasteiger partial charge is 0.493 e. The van der Waals surface area contributed by atoms with Gasteiger partial charge in [-0.15, -0.1) is 0 Å². The van der Waals surface area contributed by atoms with Crippen molar-refractivity contribution in [3.63, 3.8) is 0 Å². The van der Waals surface area contributed by atoms with Crippen LogP contribution in [0.4, 0.5) is 5.69 Å². The number of non-ortho nitro benzene ring substituents is 1. The van der Waals surface area contributed by atoms with E-state index < -0.39 is 10.9 Å². The lowest BCUT2D eigenvalue weighted by Gasteiger charge is -2.06. The van der Waals surface area contributed by atoms with Crippen molar-refractivity contribution < 1.29 is 19.2 Å². The zero-order valence-electron chi connectivity index (χ0n) is 13.6. The van der Waals surface area contributed by atoms with Crippen LogP contribution in [0, 0.1) is 10.1 Å². The summed E-state index contributed by atoms with van der Waals surface area (Å²) in [7, 11) is 0. The Kier molecular flexibility index (Phi) is 4.99. The molecule has 0 radical (unpaired) electrons. The second-order valence-corrected chi connectivity index (χ2v) is 5.64. The summed E-state index contributed by atoms with van der Waals surface area (Å²) < 4.78 is 10.7. The first-order chi connectivity index (χ1) is 12.5. The van der Waals surface area contributed by atoms with Crippen LogP contribution < -0.4 is 4.74 Å². The van der Waals surface area contributed by atoms with Crippen molar-refractivity contribution in [3.05, 3.63) is 74.4 Å². The van der Waals surface area contributed by atoms with E-state index in [0.29, 0.717) is 23.5 Å². The molecule has 0 amide bonds. The van der Waals surface area contributed by atoms with Crippen LogP contribution in [0.2, 0.25) is 5.02 Å². The predicted octanol–water partition coefficient (Wildman–Crippen LogP) is 3.99. The zero-order chi connectivity index (χ0) is 18.7. The summed E-state index contributed by atoms with van der Waals surface area (Å²) in [6.45, 7) is 2.35. The maximum atomic E-state index is 12.1. The number of benzene rings is 2. The number of hydrogen-bond acceptors (Lipinski definition) is 6. The molecule has 0 unspecified atom stereocenters. The monoisotopic (exact) mass is 372 g/mol. The van der Waals surface area contributed by atoms with Gasteiger partial charge in [0.2, 0.25) is 5.90 Å². The average Bonchev–Trinajstić information content (AvgIpc) is 2.97. The third-order valence-corrected chi connectivity index (χ3v) is 3.84. The van der Waals surface area contributed by atoms with Crippen LogP contribution >= 0.6 is 11.6 Å². The number of carbonyl (C=O) groups is 1. The number of rotatable bonds is 5. The minimum atomic E-state index is -0.638. The molecule has 132 valence electrons. The number of halogens is 1. The van der Waals surface area contributed by atoms with Gasteiger partial charge >= 0.3 is 5.97 Å². The summed E-state index contributed by atoms with van der Waals surface area (Å²) in [5.41, 5.74) is 0.903. The molecule has 2 aromatic rings. The number of hydrogen-bond donors (Lipinski definition) is 0. The molecule has 1 aliphatic rings. The molecule has 1 heterocycles. The lowest BCUT2D eigenvalue weighted by Crippen LogP contribution is -2.06. The van der Waals surface area contributed by atoms with Crippen LogP contribution in [-0.4, -0.2) is 23.4 Å². The quantitative estimate of drug-likeness (QED) is 0.342. The predicted molar refractivity (Wildman–Crippen MR) is 96.3 cm³/mol. The van der Waals surface area contributed by atoms with Gasteiger partial charge in [0.05, 0.1) is 22.1 Å². The van der Waals surface area contributed by atoms with Crippen LogP contribution in [0.15, 0.2) is 53.2 Å². The van der Waals surface area contributed by atoms with Gasteiger partial charge in [-0.1, -0.05) is 29.8 Å². The molecular weight excluding hydrogens is 360 g/mol. The molecule has 1 aliphatic heterocycles. The Labute approximate surface area is 153 Å². The number of esters is 1. The van der Waals surface area contributed by atoms with E-state index in [9.17, 15) is 14.9 Å². The van der Waals surface area contributed by atoms with Crippen LogP contribution in [0.1, 0.15) is 18.1 Å². The van der Waals surface area contributed by atoms with E-state index in [4.69, 9.17) is 21.1 Å². The molecular formula is C18H13ClN2O5. The molecule has 8 heteroatoms. The Balaban J connectivity index is 1.96. The highest BCUT2D eigenvalue weighted by Crippen LogP contribution is 2.28. The fourth-order valence-electron chi connectivity index (χ4n) is 2.35. The third-order valence-electron chi connectivity index (χ3n) is 3.53. The summed E-state index contributed by atoms with van der Waals surface area (Å²) in [4.78, 5) is 26.5. The molecule has 0 saturated carbocycles. The molecule has 26 heavy (non-hydrogen) atoms. The van der Waals surface area contributed by atoms with Gasteiger partial charge in [-0.05, 0) is 25.1 Å². The fraction of sp³-hybridized carbons (Fsp3) is 0.111. The Morgan fingerprint density at radius 3 is 2.77 bits per heavy atom. The van der Waals surface area contributed by atoms with Gasteiger partial charge in [-0.3, -0.25) is 10.1 Å². The van der Waals surface area contributed by atoms with E-state index in [1.165, 1.54) is 18.2 Å². The third kappa shape index (κ3) is 3.57. The maximum Gasteiger partial charge on any atom is 0.363 e. The highest BCUT2D eigenvalue weighted by atomic mass is 35.5. The minimum absolute atomic E-state index is 0.00459. The van der Waals surface area contributed by atoms with E-state index in [1.807, 2.05) is 19.1 Å². The summed E-state index contributed by atoms with van der Waals surface area (Å²) in [6.07, 6.45) is 1.56. The van der Waals surface area contributed by atoms with Crippen LogP contribution in [0.3, 0.4) is 0 Å².